The Hall–Kier alpha value is -0.990. The molecule has 0 aliphatic carbocycles. The van der Waals surface area contributed by atoms with Gasteiger partial charge in [-0.15, -0.1) is 0 Å². The SMILES string of the molecule is CS(=O)(=O)[C@H](Br)[C@H](O)c1ccc([N+](=O)[O-])cc1. The van der Waals surface area contributed by atoms with Crippen molar-refractivity contribution in [3.8, 4) is 0 Å². The van der Waals surface area contributed by atoms with Crippen molar-refractivity contribution in [3.05, 3.63) is 39.9 Å². The number of aliphatic hydroxyl groups is 1. The van der Waals surface area contributed by atoms with Gasteiger partial charge in [-0.2, -0.15) is 0 Å². The van der Waals surface area contributed by atoms with Crippen LogP contribution in [-0.4, -0.2) is 28.9 Å². The summed E-state index contributed by atoms with van der Waals surface area (Å²) in [4.78, 5) is 9.84. The number of rotatable bonds is 4. The van der Waals surface area contributed by atoms with Crippen LogP contribution in [0.3, 0.4) is 0 Å². The molecule has 6 nitrogen and oxygen atoms in total. The molecular formula is C9H10BrNO5S. The predicted molar refractivity (Wildman–Crippen MR) is 65.6 cm³/mol. The summed E-state index contributed by atoms with van der Waals surface area (Å²) < 4.78 is 21.3. The molecule has 0 fully saturated rings. The zero-order chi connectivity index (χ0) is 13.2. The minimum Gasteiger partial charge on any atom is -0.386 e. The van der Waals surface area contributed by atoms with Crippen molar-refractivity contribution in [2.75, 3.05) is 6.26 Å². The van der Waals surface area contributed by atoms with Gasteiger partial charge in [0.15, 0.2) is 9.84 Å². The van der Waals surface area contributed by atoms with E-state index in [1.807, 2.05) is 0 Å². The summed E-state index contributed by atoms with van der Waals surface area (Å²) in [6.07, 6.45) is -0.285. The Morgan fingerprint density at radius 2 is 1.82 bits per heavy atom. The first-order chi connectivity index (χ1) is 7.73. The maximum absolute atomic E-state index is 11.2. The molecule has 8 heteroatoms. The molecule has 2 atom stereocenters. The van der Waals surface area contributed by atoms with Crippen LogP contribution >= 0.6 is 15.9 Å². The van der Waals surface area contributed by atoms with E-state index in [-0.39, 0.29) is 5.69 Å². The summed E-state index contributed by atoms with van der Waals surface area (Å²) in [6, 6.07) is 5.06. The van der Waals surface area contributed by atoms with Gasteiger partial charge in [-0.05, 0) is 17.7 Å². The highest BCUT2D eigenvalue weighted by Crippen LogP contribution is 2.27. The van der Waals surface area contributed by atoms with Gasteiger partial charge in [0, 0.05) is 18.4 Å². The minimum atomic E-state index is -3.44. The molecule has 0 radical (unpaired) electrons. The van der Waals surface area contributed by atoms with Gasteiger partial charge < -0.3 is 5.11 Å². The number of nitrogens with zero attached hydrogens (tertiary/aromatic N) is 1. The zero-order valence-corrected chi connectivity index (χ0v) is 11.2. The Morgan fingerprint density at radius 1 is 1.35 bits per heavy atom. The summed E-state index contributed by atoms with van der Waals surface area (Å²) in [7, 11) is -3.44. The molecule has 17 heavy (non-hydrogen) atoms. The van der Waals surface area contributed by atoms with Gasteiger partial charge in [0.1, 0.15) is 10.3 Å². The molecule has 0 saturated heterocycles. The lowest BCUT2D eigenvalue weighted by Gasteiger charge is -2.15. The van der Waals surface area contributed by atoms with Crippen LogP contribution in [-0.2, 0) is 9.84 Å². The van der Waals surface area contributed by atoms with Crippen LogP contribution in [0.5, 0.6) is 0 Å². The first kappa shape index (κ1) is 14.1. The molecule has 0 aromatic heterocycles. The maximum Gasteiger partial charge on any atom is 0.269 e. The molecule has 1 aromatic carbocycles. The number of nitro benzene ring substituents is 1. The van der Waals surface area contributed by atoms with Gasteiger partial charge >= 0.3 is 0 Å². The molecule has 0 saturated carbocycles. The number of non-ortho nitro benzene ring substituents is 1. The van der Waals surface area contributed by atoms with Gasteiger partial charge in [-0.25, -0.2) is 8.42 Å². The molecule has 94 valence electrons. The summed E-state index contributed by atoms with van der Waals surface area (Å²) in [6.45, 7) is 0. The fourth-order valence-corrected chi connectivity index (χ4v) is 2.11. The Balaban J connectivity index is 2.98. The maximum atomic E-state index is 11.2. The van der Waals surface area contributed by atoms with E-state index >= 15 is 0 Å². The molecule has 1 aromatic rings. The summed E-state index contributed by atoms with van der Waals surface area (Å²) in [5.74, 6) is 0. The highest BCUT2D eigenvalue weighted by molar-refractivity contribution is 9.11. The van der Waals surface area contributed by atoms with E-state index < -0.39 is 25.0 Å². The lowest BCUT2D eigenvalue weighted by Crippen LogP contribution is -2.21. The van der Waals surface area contributed by atoms with Crippen molar-refractivity contribution in [3.63, 3.8) is 0 Å². The smallest absolute Gasteiger partial charge is 0.269 e. The van der Waals surface area contributed by atoms with E-state index in [9.17, 15) is 23.6 Å². The minimum absolute atomic E-state index is 0.119. The Bertz CT molecular complexity index is 513. The third-order valence-corrected chi connectivity index (χ3v) is 5.72. The second-order valence-electron chi connectivity index (χ2n) is 3.47. The first-order valence-corrected chi connectivity index (χ1v) is 7.36. The van der Waals surface area contributed by atoms with Crippen molar-refractivity contribution in [2.45, 2.75) is 10.3 Å². The average Bonchev–Trinajstić information content (AvgIpc) is 2.26. The van der Waals surface area contributed by atoms with Crippen LogP contribution in [0, 0.1) is 10.1 Å². The number of alkyl halides is 1. The molecule has 0 aliphatic heterocycles. The van der Waals surface area contributed by atoms with E-state index in [1.165, 1.54) is 24.3 Å². The number of hydrogen-bond acceptors (Lipinski definition) is 5. The third-order valence-electron chi connectivity index (χ3n) is 2.10. The molecule has 0 bridgehead atoms. The first-order valence-electron chi connectivity index (χ1n) is 4.49. The molecule has 1 rings (SSSR count). The Kier molecular flexibility index (Phi) is 4.23. The summed E-state index contributed by atoms with van der Waals surface area (Å²) in [5.41, 5.74) is 0.175. The van der Waals surface area contributed by atoms with E-state index in [2.05, 4.69) is 15.9 Å². The standard InChI is InChI=1S/C9H10BrNO5S/c1-17(15,16)9(10)8(12)6-2-4-7(5-3-6)11(13)14/h2-5,8-9,12H,1H3/t8-,9+/m1/s1. The van der Waals surface area contributed by atoms with E-state index in [0.717, 1.165) is 6.26 Å². The average molecular weight is 324 g/mol. The van der Waals surface area contributed by atoms with E-state index in [4.69, 9.17) is 0 Å². The lowest BCUT2D eigenvalue weighted by atomic mass is 10.1. The van der Waals surface area contributed by atoms with E-state index in [1.54, 1.807) is 0 Å². The number of aliphatic hydroxyl groups excluding tert-OH is 1. The van der Waals surface area contributed by atoms with Crippen LogP contribution in [0.15, 0.2) is 24.3 Å². The van der Waals surface area contributed by atoms with Crippen molar-refractivity contribution in [1.82, 2.24) is 0 Å². The number of sulfone groups is 1. The molecule has 0 aliphatic rings. The largest absolute Gasteiger partial charge is 0.386 e. The second-order valence-corrected chi connectivity index (χ2v) is 7.23. The predicted octanol–water partition coefficient (Wildman–Crippen LogP) is 1.39. The molecular weight excluding hydrogens is 314 g/mol. The zero-order valence-electron chi connectivity index (χ0n) is 8.78. The summed E-state index contributed by atoms with van der Waals surface area (Å²) in [5, 5.41) is 20.2. The van der Waals surface area contributed by atoms with E-state index in [0.29, 0.717) is 5.56 Å². The van der Waals surface area contributed by atoms with Crippen molar-refractivity contribution >= 4 is 31.5 Å². The Labute approximate surface area is 106 Å². The monoisotopic (exact) mass is 323 g/mol. The highest BCUT2D eigenvalue weighted by Gasteiger charge is 2.27. The molecule has 1 N–H and O–H groups in total. The van der Waals surface area contributed by atoms with Gasteiger partial charge in [-0.1, -0.05) is 15.9 Å². The fraction of sp³-hybridized carbons (Fsp3) is 0.333. The lowest BCUT2D eigenvalue weighted by molar-refractivity contribution is -0.384. The number of halogens is 1. The topological polar surface area (TPSA) is 97.5 Å². The normalized spacial score (nSPS) is 15.2. The second kappa shape index (κ2) is 5.11. The molecule has 0 amide bonds. The molecule has 0 heterocycles. The number of benzene rings is 1. The summed E-state index contributed by atoms with van der Waals surface area (Å²) >= 11 is 2.88. The van der Waals surface area contributed by atoms with Gasteiger partial charge in [0.25, 0.3) is 5.69 Å². The molecule has 0 unspecified atom stereocenters. The van der Waals surface area contributed by atoms with Crippen molar-refractivity contribution in [2.24, 2.45) is 0 Å². The van der Waals surface area contributed by atoms with Gasteiger partial charge in [-0.3, -0.25) is 10.1 Å². The van der Waals surface area contributed by atoms with Crippen LogP contribution < -0.4 is 0 Å². The van der Waals surface area contributed by atoms with Crippen LogP contribution in [0.25, 0.3) is 0 Å². The fourth-order valence-electron chi connectivity index (χ4n) is 1.18. The highest BCUT2D eigenvalue weighted by atomic mass is 79.9. The number of hydrogen-bond donors (Lipinski definition) is 1. The van der Waals surface area contributed by atoms with Gasteiger partial charge in [0.05, 0.1) is 4.92 Å². The van der Waals surface area contributed by atoms with Crippen LogP contribution in [0.1, 0.15) is 11.7 Å². The Morgan fingerprint density at radius 3 is 2.18 bits per heavy atom. The van der Waals surface area contributed by atoms with Crippen LogP contribution in [0.4, 0.5) is 5.69 Å². The third kappa shape index (κ3) is 3.48. The quantitative estimate of drug-likeness (QED) is 0.513. The van der Waals surface area contributed by atoms with Crippen molar-refractivity contribution in [1.29, 1.82) is 0 Å². The van der Waals surface area contributed by atoms with Gasteiger partial charge in [0.2, 0.25) is 0 Å². The number of nitro groups is 1. The van der Waals surface area contributed by atoms with Crippen LogP contribution in [0.2, 0.25) is 0 Å². The molecule has 0 spiro atoms. The van der Waals surface area contributed by atoms with Crippen molar-refractivity contribution < 1.29 is 18.4 Å².